The summed E-state index contributed by atoms with van der Waals surface area (Å²) in [5, 5.41) is 3.76. The molecule has 0 radical (unpaired) electrons. The van der Waals surface area contributed by atoms with Gasteiger partial charge in [-0.2, -0.15) is 0 Å². The topological polar surface area (TPSA) is 88.8 Å². The van der Waals surface area contributed by atoms with Gasteiger partial charge in [-0.15, -0.1) is 0 Å². The van der Waals surface area contributed by atoms with Crippen LogP contribution < -0.4 is 15.7 Å². The molecule has 0 aliphatic carbocycles. The Morgan fingerprint density at radius 1 is 1.33 bits per heavy atom. The van der Waals surface area contributed by atoms with Crippen molar-refractivity contribution < 1.29 is 18.7 Å². The van der Waals surface area contributed by atoms with Crippen LogP contribution in [0, 0.1) is 6.92 Å². The van der Waals surface area contributed by atoms with Gasteiger partial charge in [-0.3, -0.25) is 9.59 Å². The number of amides is 2. The number of rotatable bonds is 9. The third-order valence-electron chi connectivity index (χ3n) is 5.46. The number of benzene rings is 1. The van der Waals surface area contributed by atoms with E-state index in [0.29, 0.717) is 42.8 Å². The van der Waals surface area contributed by atoms with Crippen LogP contribution in [0.15, 0.2) is 27.4 Å². The lowest BCUT2D eigenvalue weighted by Crippen LogP contribution is -2.38. The number of nitrogens with zero attached hydrogens (tertiary/aromatic N) is 1. The van der Waals surface area contributed by atoms with Gasteiger partial charge in [0.2, 0.25) is 5.91 Å². The number of nitrogens with one attached hydrogen (secondary N) is 1. The smallest absolute Gasteiger partial charge is 0.336 e. The minimum atomic E-state index is -0.694. The second kappa shape index (κ2) is 9.78. The first-order valence-electron chi connectivity index (χ1n) is 10.7. The molecule has 1 aliphatic rings. The predicted octanol–water partition coefficient (Wildman–Crippen LogP) is 2.95. The van der Waals surface area contributed by atoms with Crippen LogP contribution in [-0.4, -0.2) is 42.5 Å². The summed E-state index contributed by atoms with van der Waals surface area (Å²) in [7, 11) is 0. The fourth-order valence-corrected chi connectivity index (χ4v) is 3.82. The second-order valence-corrected chi connectivity index (χ2v) is 7.80. The highest BCUT2D eigenvalue weighted by molar-refractivity contribution is 5.85. The molecule has 1 aromatic heterocycles. The summed E-state index contributed by atoms with van der Waals surface area (Å²) in [6.45, 7) is 7.54. The number of ether oxygens (including phenoxy) is 1. The molecule has 7 heteroatoms. The van der Waals surface area contributed by atoms with Gasteiger partial charge >= 0.3 is 5.63 Å². The Morgan fingerprint density at radius 3 is 2.83 bits per heavy atom. The highest BCUT2D eigenvalue weighted by Crippen LogP contribution is 2.29. The molecule has 1 unspecified atom stereocenters. The molecule has 3 rings (SSSR count). The third kappa shape index (κ3) is 5.01. The van der Waals surface area contributed by atoms with Crippen LogP contribution in [0.25, 0.3) is 11.0 Å². The van der Waals surface area contributed by atoms with Gasteiger partial charge in [-0.05, 0) is 50.8 Å². The standard InChI is InChI=1S/C23H30N2O5/c1-4-7-17-14-21(27)30-22-15(2)19(10-9-18(17)22)29-16(3)23(28)24-11-6-13-25-12-5-8-20(25)26/h9-10,14,16H,4-8,11-13H2,1-3H3,(H,24,28). The maximum Gasteiger partial charge on any atom is 0.336 e. The van der Waals surface area contributed by atoms with E-state index in [2.05, 4.69) is 12.2 Å². The highest BCUT2D eigenvalue weighted by atomic mass is 16.5. The van der Waals surface area contributed by atoms with Gasteiger partial charge in [-0.25, -0.2) is 4.79 Å². The second-order valence-electron chi connectivity index (χ2n) is 7.80. The highest BCUT2D eigenvalue weighted by Gasteiger charge is 2.20. The van der Waals surface area contributed by atoms with Crippen LogP contribution >= 0.6 is 0 Å². The Bertz CT molecular complexity index is 981. The van der Waals surface area contributed by atoms with Crippen molar-refractivity contribution in [2.24, 2.45) is 0 Å². The van der Waals surface area contributed by atoms with Crippen LogP contribution in [0.2, 0.25) is 0 Å². The van der Waals surface area contributed by atoms with Gasteiger partial charge in [0.1, 0.15) is 11.3 Å². The molecule has 1 N–H and O–H groups in total. The van der Waals surface area contributed by atoms with Crippen LogP contribution in [-0.2, 0) is 16.0 Å². The van der Waals surface area contributed by atoms with E-state index < -0.39 is 6.10 Å². The van der Waals surface area contributed by atoms with E-state index in [4.69, 9.17) is 9.15 Å². The van der Waals surface area contributed by atoms with E-state index in [9.17, 15) is 14.4 Å². The molecule has 1 aliphatic heterocycles. The minimum Gasteiger partial charge on any atom is -0.480 e. The SMILES string of the molecule is CCCc1cc(=O)oc2c(C)c(OC(C)C(=O)NCCCN3CCCC3=O)ccc12. The molecule has 30 heavy (non-hydrogen) atoms. The number of aryl methyl sites for hydroxylation is 2. The van der Waals surface area contributed by atoms with Crippen molar-refractivity contribution in [3.8, 4) is 5.75 Å². The number of carbonyl (C=O) groups is 2. The molecule has 0 saturated carbocycles. The summed E-state index contributed by atoms with van der Waals surface area (Å²) >= 11 is 0. The first kappa shape index (κ1) is 21.9. The Kier molecular flexibility index (Phi) is 7.13. The lowest BCUT2D eigenvalue weighted by Gasteiger charge is -2.18. The van der Waals surface area contributed by atoms with E-state index in [1.54, 1.807) is 6.92 Å². The summed E-state index contributed by atoms with van der Waals surface area (Å²) < 4.78 is 11.3. The zero-order valence-electron chi connectivity index (χ0n) is 18.0. The van der Waals surface area contributed by atoms with E-state index >= 15 is 0 Å². The minimum absolute atomic E-state index is 0.193. The zero-order chi connectivity index (χ0) is 21.7. The predicted molar refractivity (Wildman–Crippen MR) is 115 cm³/mol. The summed E-state index contributed by atoms with van der Waals surface area (Å²) in [6.07, 6.45) is 3.29. The van der Waals surface area contributed by atoms with Crippen LogP contribution in [0.4, 0.5) is 0 Å². The molecular weight excluding hydrogens is 384 g/mol. The Hall–Kier alpha value is -2.83. The van der Waals surface area contributed by atoms with Crippen LogP contribution in [0.3, 0.4) is 0 Å². The number of likely N-dealkylation sites (tertiary alicyclic amines) is 1. The van der Waals surface area contributed by atoms with Crippen molar-refractivity contribution in [1.82, 2.24) is 10.2 Å². The van der Waals surface area contributed by atoms with Gasteiger partial charge in [0.25, 0.3) is 5.91 Å². The molecular formula is C23H30N2O5. The normalized spacial score (nSPS) is 14.9. The summed E-state index contributed by atoms with van der Waals surface area (Å²) in [5.41, 5.74) is 1.79. The van der Waals surface area contributed by atoms with Crippen molar-refractivity contribution in [2.75, 3.05) is 19.6 Å². The maximum atomic E-state index is 12.4. The molecule has 2 aromatic rings. The average molecular weight is 415 g/mol. The van der Waals surface area contributed by atoms with E-state index in [1.807, 2.05) is 24.0 Å². The van der Waals surface area contributed by atoms with Crippen molar-refractivity contribution in [3.05, 3.63) is 39.7 Å². The number of carbonyl (C=O) groups excluding carboxylic acids is 2. The van der Waals surface area contributed by atoms with Crippen LogP contribution in [0.5, 0.6) is 5.75 Å². The Morgan fingerprint density at radius 2 is 2.13 bits per heavy atom. The van der Waals surface area contributed by atoms with E-state index in [1.165, 1.54) is 6.07 Å². The van der Waals surface area contributed by atoms with Crippen molar-refractivity contribution in [3.63, 3.8) is 0 Å². The number of hydrogen-bond acceptors (Lipinski definition) is 5. The van der Waals surface area contributed by atoms with Crippen molar-refractivity contribution >= 4 is 22.8 Å². The first-order valence-corrected chi connectivity index (χ1v) is 10.7. The molecule has 1 aromatic carbocycles. The Balaban J connectivity index is 1.60. The van der Waals surface area contributed by atoms with Gasteiger partial charge in [0, 0.05) is 43.1 Å². The fraction of sp³-hybridized carbons (Fsp3) is 0.522. The van der Waals surface area contributed by atoms with E-state index in [-0.39, 0.29) is 17.4 Å². The van der Waals surface area contributed by atoms with Gasteiger partial charge in [0.15, 0.2) is 6.10 Å². The third-order valence-corrected chi connectivity index (χ3v) is 5.46. The number of hydrogen-bond donors (Lipinski definition) is 1. The molecule has 1 saturated heterocycles. The van der Waals surface area contributed by atoms with Gasteiger partial charge in [-0.1, -0.05) is 13.3 Å². The molecule has 0 spiro atoms. The van der Waals surface area contributed by atoms with Gasteiger partial charge < -0.3 is 19.4 Å². The Labute approximate surface area is 176 Å². The van der Waals surface area contributed by atoms with Gasteiger partial charge in [0.05, 0.1) is 0 Å². The monoisotopic (exact) mass is 414 g/mol. The van der Waals surface area contributed by atoms with Crippen molar-refractivity contribution in [1.29, 1.82) is 0 Å². The molecule has 1 fully saturated rings. The zero-order valence-corrected chi connectivity index (χ0v) is 18.0. The lowest BCUT2D eigenvalue weighted by atomic mass is 10.0. The molecule has 7 nitrogen and oxygen atoms in total. The summed E-state index contributed by atoms with van der Waals surface area (Å²) in [6, 6.07) is 5.24. The van der Waals surface area contributed by atoms with Crippen molar-refractivity contribution in [2.45, 2.75) is 59.0 Å². The fourth-order valence-electron chi connectivity index (χ4n) is 3.82. The van der Waals surface area contributed by atoms with E-state index in [0.717, 1.165) is 36.8 Å². The first-order chi connectivity index (χ1) is 14.4. The molecule has 2 amide bonds. The summed E-state index contributed by atoms with van der Waals surface area (Å²) in [4.78, 5) is 37.8. The quantitative estimate of drug-likeness (QED) is 0.503. The molecule has 162 valence electrons. The summed E-state index contributed by atoms with van der Waals surface area (Å²) in [5.74, 6) is 0.492. The lowest BCUT2D eigenvalue weighted by molar-refractivity contribution is -0.127. The molecule has 2 heterocycles. The molecule has 1 atom stereocenters. The number of fused-ring (bicyclic) bond motifs is 1. The largest absolute Gasteiger partial charge is 0.480 e. The average Bonchev–Trinajstić information content (AvgIpc) is 3.12. The van der Waals surface area contributed by atoms with Crippen LogP contribution in [0.1, 0.15) is 50.7 Å². The maximum absolute atomic E-state index is 12.4. The molecule has 0 bridgehead atoms.